The largest absolute Gasteiger partial charge is 0.465 e. The van der Waals surface area contributed by atoms with Crippen LogP contribution >= 0.6 is 0 Å². The molecular formula is C25H27FO5. The van der Waals surface area contributed by atoms with Crippen molar-refractivity contribution in [3.63, 3.8) is 0 Å². The summed E-state index contributed by atoms with van der Waals surface area (Å²) in [5.41, 5.74) is 1.63. The smallest absolute Gasteiger partial charge is 0.337 e. The van der Waals surface area contributed by atoms with E-state index >= 15 is 0 Å². The SMILES string of the molecule is CCO[C@H](O)[C@@H](F)C[C@@H](c1ccc(C(=O)OC)cc1)[C@H](O)c1ccc2ccccc2c1. The number of aliphatic hydroxyl groups is 2. The van der Waals surface area contributed by atoms with Gasteiger partial charge in [0.05, 0.1) is 18.8 Å². The summed E-state index contributed by atoms with van der Waals surface area (Å²) in [5, 5.41) is 23.1. The summed E-state index contributed by atoms with van der Waals surface area (Å²) >= 11 is 0. The lowest BCUT2D eigenvalue weighted by atomic mass is 9.84. The highest BCUT2D eigenvalue weighted by Gasteiger charge is 2.30. The Labute approximate surface area is 181 Å². The van der Waals surface area contributed by atoms with Crippen molar-refractivity contribution in [2.45, 2.75) is 37.8 Å². The third-order valence-electron chi connectivity index (χ3n) is 5.38. The number of esters is 1. The predicted octanol–water partition coefficient (Wildman–Crippen LogP) is 4.53. The second-order valence-electron chi connectivity index (χ2n) is 7.37. The summed E-state index contributed by atoms with van der Waals surface area (Å²) < 4.78 is 24.5. The third kappa shape index (κ3) is 5.47. The van der Waals surface area contributed by atoms with Crippen LogP contribution in [0.5, 0.6) is 0 Å². The third-order valence-corrected chi connectivity index (χ3v) is 5.38. The normalized spacial score (nSPS) is 15.3. The molecule has 3 aromatic carbocycles. The molecule has 3 rings (SSSR count). The van der Waals surface area contributed by atoms with Gasteiger partial charge in [0.1, 0.15) is 0 Å². The van der Waals surface area contributed by atoms with Crippen LogP contribution in [0, 0.1) is 0 Å². The lowest BCUT2D eigenvalue weighted by Crippen LogP contribution is -2.28. The second-order valence-corrected chi connectivity index (χ2v) is 7.37. The molecule has 0 saturated carbocycles. The molecule has 2 N–H and O–H groups in total. The summed E-state index contributed by atoms with van der Waals surface area (Å²) in [6.45, 7) is 1.84. The van der Waals surface area contributed by atoms with E-state index in [1.807, 2.05) is 42.5 Å². The van der Waals surface area contributed by atoms with Crippen molar-refractivity contribution >= 4 is 16.7 Å². The van der Waals surface area contributed by atoms with Crippen molar-refractivity contribution < 1.29 is 28.9 Å². The molecule has 6 heteroatoms. The van der Waals surface area contributed by atoms with E-state index in [-0.39, 0.29) is 13.0 Å². The van der Waals surface area contributed by atoms with Crippen LogP contribution in [0.3, 0.4) is 0 Å². The average molecular weight is 426 g/mol. The van der Waals surface area contributed by atoms with Crippen LogP contribution in [-0.2, 0) is 9.47 Å². The highest BCUT2D eigenvalue weighted by molar-refractivity contribution is 5.89. The zero-order valence-corrected chi connectivity index (χ0v) is 17.6. The van der Waals surface area contributed by atoms with E-state index in [4.69, 9.17) is 9.47 Å². The maximum absolute atomic E-state index is 14.8. The number of hydrogen-bond acceptors (Lipinski definition) is 5. The maximum atomic E-state index is 14.8. The van der Waals surface area contributed by atoms with Gasteiger partial charge >= 0.3 is 5.97 Å². The van der Waals surface area contributed by atoms with Gasteiger partial charge in [-0.15, -0.1) is 0 Å². The van der Waals surface area contributed by atoms with Gasteiger partial charge in [0, 0.05) is 12.5 Å². The molecular weight excluding hydrogens is 399 g/mol. The summed E-state index contributed by atoms with van der Waals surface area (Å²) in [4.78, 5) is 11.7. The van der Waals surface area contributed by atoms with Crippen LogP contribution in [0.1, 0.15) is 46.9 Å². The molecule has 0 radical (unpaired) electrons. The predicted molar refractivity (Wildman–Crippen MR) is 117 cm³/mol. The topological polar surface area (TPSA) is 76.0 Å². The van der Waals surface area contributed by atoms with Crippen molar-refractivity contribution in [2.24, 2.45) is 0 Å². The van der Waals surface area contributed by atoms with Gasteiger partial charge in [-0.3, -0.25) is 0 Å². The van der Waals surface area contributed by atoms with Crippen LogP contribution in [0.15, 0.2) is 66.7 Å². The molecule has 0 unspecified atom stereocenters. The van der Waals surface area contributed by atoms with Crippen molar-refractivity contribution in [2.75, 3.05) is 13.7 Å². The van der Waals surface area contributed by atoms with Crippen LogP contribution in [0.4, 0.5) is 4.39 Å². The lowest BCUT2D eigenvalue weighted by Gasteiger charge is -2.27. The first-order chi connectivity index (χ1) is 14.9. The van der Waals surface area contributed by atoms with E-state index in [0.29, 0.717) is 16.7 Å². The Morgan fingerprint density at radius 3 is 2.26 bits per heavy atom. The molecule has 0 amide bonds. The van der Waals surface area contributed by atoms with E-state index < -0.39 is 30.5 Å². The van der Waals surface area contributed by atoms with Gasteiger partial charge in [0.25, 0.3) is 0 Å². The molecule has 0 fully saturated rings. The van der Waals surface area contributed by atoms with Gasteiger partial charge in [-0.1, -0.05) is 48.5 Å². The summed E-state index contributed by atoms with van der Waals surface area (Å²) in [6.07, 6.45) is -4.46. The fourth-order valence-corrected chi connectivity index (χ4v) is 3.69. The molecule has 0 spiro atoms. The highest BCUT2D eigenvalue weighted by atomic mass is 19.1. The number of hydrogen-bond donors (Lipinski definition) is 2. The van der Waals surface area contributed by atoms with Crippen molar-refractivity contribution in [3.8, 4) is 0 Å². The van der Waals surface area contributed by atoms with Crippen LogP contribution in [-0.4, -0.2) is 42.4 Å². The van der Waals surface area contributed by atoms with Crippen molar-refractivity contribution in [3.05, 3.63) is 83.4 Å². The Balaban J connectivity index is 1.94. The summed E-state index contributed by atoms with van der Waals surface area (Å²) in [7, 11) is 1.30. The quantitative estimate of drug-likeness (QED) is 0.388. The first kappa shape index (κ1) is 22.9. The number of methoxy groups -OCH3 is 1. The Kier molecular flexibility index (Phi) is 7.74. The first-order valence-electron chi connectivity index (χ1n) is 10.2. The van der Waals surface area contributed by atoms with E-state index in [1.165, 1.54) is 7.11 Å². The molecule has 164 valence electrons. The highest BCUT2D eigenvalue weighted by Crippen LogP contribution is 2.37. The van der Waals surface area contributed by atoms with Crippen molar-refractivity contribution in [1.29, 1.82) is 0 Å². The lowest BCUT2D eigenvalue weighted by molar-refractivity contribution is -0.141. The minimum absolute atomic E-state index is 0.160. The number of carbonyl (C=O) groups excluding carboxylic acids is 1. The maximum Gasteiger partial charge on any atom is 0.337 e. The van der Waals surface area contributed by atoms with E-state index in [1.54, 1.807) is 31.2 Å². The van der Waals surface area contributed by atoms with Gasteiger partial charge in [-0.05, 0) is 53.4 Å². The number of carbonyl (C=O) groups is 1. The molecule has 0 bridgehead atoms. The molecule has 0 aromatic heterocycles. The van der Waals surface area contributed by atoms with E-state index in [2.05, 4.69) is 0 Å². The molecule has 0 aliphatic carbocycles. The Hall–Kier alpha value is -2.80. The minimum Gasteiger partial charge on any atom is -0.465 e. The Morgan fingerprint density at radius 2 is 1.61 bits per heavy atom. The number of ether oxygens (including phenoxy) is 2. The second kappa shape index (κ2) is 10.5. The zero-order chi connectivity index (χ0) is 22.4. The molecule has 4 atom stereocenters. The van der Waals surface area contributed by atoms with E-state index in [0.717, 1.165) is 10.8 Å². The monoisotopic (exact) mass is 426 g/mol. The number of benzene rings is 3. The van der Waals surface area contributed by atoms with Gasteiger partial charge < -0.3 is 19.7 Å². The standard InChI is InChI=1S/C25H27FO5/c1-3-31-25(29)22(26)15-21(17-9-11-18(12-10-17)24(28)30-2)23(27)20-13-8-16-6-4-5-7-19(16)14-20/h4-14,21-23,25,27,29H,3,15H2,1-2H3/t21-,22-,23+,25-/m0/s1. The molecule has 0 saturated heterocycles. The van der Waals surface area contributed by atoms with Gasteiger partial charge in [-0.25, -0.2) is 9.18 Å². The average Bonchev–Trinajstić information content (AvgIpc) is 2.81. The molecule has 5 nitrogen and oxygen atoms in total. The fraction of sp³-hybridized carbons (Fsp3) is 0.320. The Morgan fingerprint density at radius 1 is 0.968 bits per heavy atom. The number of alkyl halides is 1. The minimum atomic E-state index is -1.69. The fourth-order valence-electron chi connectivity index (χ4n) is 3.69. The van der Waals surface area contributed by atoms with Crippen LogP contribution in [0.2, 0.25) is 0 Å². The van der Waals surface area contributed by atoms with Crippen LogP contribution < -0.4 is 0 Å². The first-order valence-corrected chi connectivity index (χ1v) is 10.2. The number of aliphatic hydroxyl groups excluding tert-OH is 2. The van der Waals surface area contributed by atoms with Gasteiger partial charge in [-0.2, -0.15) is 0 Å². The van der Waals surface area contributed by atoms with Crippen LogP contribution in [0.25, 0.3) is 10.8 Å². The molecule has 0 aliphatic heterocycles. The molecule has 3 aromatic rings. The molecule has 0 aliphatic rings. The molecule has 0 heterocycles. The Bertz CT molecular complexity index is 1000. The van der Waals surface area contributed by atoms with Gasteiger partial charge in [0.15, 0.2) is 12.5 Å². The van der Waals surface area contributed by atoms with E-state index in [9.17, 15) is 19.4 Å². The number of fused-ring (bicyclic) bond motifs is 1. The number of halogens is 1. The summed E-state index contributed by atoms with van der Waals surface area (Å²) in [6, 6.07) is 19.9. The number of rotatable bonds is 9. The van der Waals surface area contributed by atoms with Crippen molar-refractivity contribution in [1.82, 2.24) is 0 Å². The summed E-state index contributed by atoms with van der Waals surface area (Å²) in [5.74, 6) is -1.15. The zero-order valence-electron chi connectivity index (χ0n) is 17.6. The molecule has 31 heavy (non-hydrogen) atoms. The van der Waals surface area contributed by atoms with Gasteiger partial charge in [0.2, 0.25) is 0 Å².